The summed E-state index contributed by atoms with van der Waals surface area (Å²) >= 11 is 6.48. The van der Waals surface area contributed by atoms with Crippen LogP contribution in [0.4, 0.5) is 5.69 Å². The van der Waals surface area contributed by atoms with E-state index >= 15 is 0 Å². The normalized spacial score (nSPS) is 25.9. The van der Waals surface area contributed by atoms with Gasteiger partial charge in [0.2, 0.25) is 0 Å². The van der Waals surface area contributed by atoms with Crippen LogP contribution in [0.1, 0.15) is 51.0 Å². The molecule has 2 aliphatic rings. The number of anilines is 1. The molecule has 0 bridgehead atoms. The lowest BCUT2D eigenvalue weighted by Gasteiger charge is -2.35. The van der Waals surface area contributed by atoms with E-state index in [1.54, 1.807) is 0 Å². The zero-order chi connectivity index (χ0) is 14.8. The first-order chi connectivity index (χ1) is 10.1. The Bertz CT molecular complexity index is 484. The quantitative estimate of drug-likeness (QED) is 0.855. The largest absolute Gasteiger partial charge is 0.372 e. The van der Waals surface area contributed by atoms with Crippen LogP contribution in [0.2, 0.25) is 5.02 Å². The standard InChI is InChI=1S/C18H27ClN2/c1-13-4-3-5-16(10-13)21(2)17-9-6-14(18(19)11-17)12-20-15-7-8-15/h6,9,11,13,15-16,20H,3-5,7-8,10,12H2,1-2H3. The van der Waals surface area contributed by atoms with Crippen LogP contribution in [0.25, 0.3) is 0 Å². The Labute approximate surface area is 133 Å². The maximum atomic E-state index is 6.48. The van der Waals surface area contributed by atoms with Gasteiger partial charge in [0.25, 0.3) is 0 Å². The zero-order valence-corrected chi connectivity index (χ0v) is 14.0. The van der Waals surface area contributed by atoms with Gasteiger partial charge in [-0.25, -0.2) is 0 Å². The van der Waals surface area contributed by atoms with E-state index in [-0.39, 0.29) is 0 Å². The van der Waals surface area contributed by atoms with Crippen molar-refractivity contribution in [3.63, 3.8) is 0 Å². The fourth-order valence-corrected chi connectivity index (χ4v) is 3.65. The van der Waals surface area contributed by atoms with Crippen LogP contribution in [0.3, 0.4) is 0 Å². The first-order valence-electron chi connectivity index (χ1n) is 8.38. The predicted molar refractivity (Wildman–Crippen MR) is 91.1 cm³/mol. The molecule has 2 unspecified atom stereocenters. The molecule has 3 rings (SSSR count). The summed E-state index contributed by atoms with van der Waals surface area (Å²) < 4.78 is 0. The highest BCUT2D eigenvalue weighted by molar-refractivity contribution is 6.31. The van der Waals surface area contributed by atoms with Crippen molar-refractivity contribution in [1.82, 2.24) is 5.32 Å². The SMILES string of the molecule is CC1CCCC(N(C)c2ccc(CNC3CC3)c(Cl)c2)C1. The van der Waals surface area contributed by atoms with Crippen molar-refractivity contribution in [2.45, 2.75) is 64.1 Å². The third kappa shape index (κ3) is 3.92. The molecular formula is C18H27ClN2. The molecule has 3 heteroatoms. The Morgan fingerprint density at radius 3 is 2.71 bits per heavy atom. The van der Waals surface area contributed by atoms with Gasteiger partial charge in [-0.1, -0.05) is 37.4 Å². The van der Waals surface area contributed by atoms with Crippen molar-refractivity contribution in [2.24, 2.45) is 5.92 Å². The number of nitrogens with zero attached hydrogens (tertiary/aromatic N) is 1. The summed E-state index contributed by atoms with van der Waals surface area (Å²) in [6.45, 7) is 3.27. The predicted octanol–water partition coefficient (Wildman–Crippen LogP) is 4.61. The molecule has 2 saturated carbocycles. The highest BCUT2D eigenvalue weighted by atomic mass is 35.5. The van der Waals surface area contributed by atoms with Crippen molar-refractivity contribution in [3.8, 4) is 0 Å². The van der Waals surface area contributed by atoms with Gasteiger partial charge in [0.15, 0.2) is 0 Å². The van der Waals surface area contributed by atoms with Crippen LogP contribution in [0, 0.1) is 5.92 Å². The lowest BCUT2D eigenvalue weighted by molar-refractivity contribution is 0.336. The maximum Gasteiger partial charge on any atom is 0.0471 e. The smallest absolute Gasteiger partial charge is 0.0471 e. The summed E-state index contributed by atoms with van der Waals surface area (Å²) in [5.74, 6) is 0.851. The number of rotatable bonds is 5. The second-order valence-electron chi connectivity index (χ2n) is 6.97. The second kappa shape index (κ2) is 6.58. The van der Waals surface area contributed by atoms with Crippen molar-refractivity contribution in [1.29, 1.82) is 0 Å². The molecule has 21 heavy (non-hydrogen) atoms. The van der Waals surface area contributed by atoms with E-state index < -0.39 is 0 Å². The van der Waals surface area contributed by atoms with Gasteiger partial charge < -0.3 is 10.2 Å². The van der Waals surface area contributed by atoms with Gasteiger partial charge in [-0.05, 0) is 49.3 Å². The van der Waals surface area contributed by atoms with Crippen molar-refractivity contribution in [2.75, 3.05) is 11.9 Å². The minimum absolute atomic E-state index is 0.667. The van der Waals surface area contributed by atoms with E-state index in [0.717, 1.165) is 23.5 Å². The number of benzene rings is 1. The van der Waals surface area contributed by atoms with Gasteiger partial charge in [-0.3, -0.25) is 0 Å². The summed E-state index contributed by atoms with van der Waals surface area (Å²) in [6, 6.07) is 7.96. The molecule has 1 aromatic carbocycles. The number of hydrogen-bond donors (Lipinski definition) is 1. The molecule has 0 amide bonds. The van der Waals surface area contributed by atoms with Gasteiger partial charge in [0.05, 0.1) is 0 Å². The Kier molecular flexibility index (Phi) is 4.75. The van der Waals surface area contributed by atoms with Crippen molar-refractivity contribution >= 4 is 17.3 Å². The third-order valence-electron chi connectivity index (χ3n) is 5.06. The van der Waals surface area contributed by atoms with Crippen LogP contribution in [-0.2, 0) is 6.54 Å². The van der Waals surface area contributed by atoms with Crippen LogP contribution in [0.15, 0.2) is 18.2 Å². The summed E-state index contributed by atoms with van der Waals surface area (Å²) in [7, 11) is 2.22. The molecular weight excluding hydrogens is 280 g/mol. The third-order valence-corrected chi connectivity index (χ3v) is 5.41. The molecule has 1 aromatic rings. The minimum Gasteiger partial charge on any atom is -0.372 e. The minimum atomic E-state index is 0.667. The lowest BCUT2D eigenvalue weighted by Crippen LogP contribution is -2.35. The average molecular weight is 307 g/mol. The van der Waals surface area contributed by atoms with Gasteiger partial charge in [0.1, 0.15) is 0 Å². The average Bonchev–Trinajstić information content (AvgIpc) is 3.29. The molecule has 0 aliphatic heterocycles. The van der Waals surface area contributed by atoms with Crippen LogP contribution >= 0.6 is 11.6 Å². The van der Waals surface area contributed by atoms with Crippen molar-refractivity contribution < 1.29 is 0 Å². The Morgan fingerprint density at radius 1 is 1.24 bits per heavy atom. The second-order valence-corrected chi connectivity index (χ2v) is 7.37. The van der Waals surface area contributed by atoms with E-state index in [1.165, 1.54) is 49.8 Å². The van der Waals surface area contributed by atoms with E-state index in [9.17, 15) is 0 Å². The number of nitrogens with one attached hydrogen (secondary N) is 1. The Morgan fingerprint density at radius 2 is 2.05 bits per heavy atom. The molecule has 0 saturated heterocycles. The summed E-state index contributed by atoms with van der Waals surface area (Å²) in [4.78, 5) is 2.43. The lowest BCUT2D eigenvalue weighted by atomic mass is 9.86. The molecule has 2 nitrogen and oxygen atoms in total. The van der Waals surface area contributed by atoms with Crippen molar-refractivity contribution in [3.05, 3.63) is 28.8 Å². The molecule has 2 atom stereocenters. The topological polar surface area (TPSA) is 15.3 Å². The highest BCUT2D eigenvalue weighted by Gasteiger charge is 2.23. The Hall–Kier alpha value is -0.730. The molecule has 0 spiro atoms. The van der Waals surface area contributed by atoms with Crippen LogP contribution < -0.4 is 10.2 Å². The first kappa shape index (κ1) is 15.2. The molecule has 2 aliphatic carbocycles. The van der Waals surface area contributed by atoms with E-state index in [1.807, 2.05) is 0 Å². The maximum absolute atomic E-state index is 6.48. The highest BCUT2D eigenvalue weighted by Crippen LogP contribution is 2.31. The summed E-state index contributed by atoms with van der Waals surface area (Å²) in [6.07, 6.45) is 7.99. The number of halogens is 1. The molecule has 0 aromatic heterocycles. The van der Waals surface area contributed by atoms with Gasteiger partial charge in [0, 0.05) is 36.4 Å². The van der Waals surface area contributed by atoms with Gasteiger partial charge >= 0.3 is 0 Å². The summed E-state index contributed by atoms with van der Waals surface area (Å²) in [5, 5.41) is 4.43. The van der Waals surface area contributed by atoms with E-state index in [4.69, 9.17) is 11.6 Å². The molecule has 0 radical (unpaired) electrons. The molecule has 1 N–H and O–H groups in total. The monoisotopic (exact) mass is 306 g/mol. The molecule has 116 valence electrons. The zero-order valence-electron chi connectivity index (χ0n) is 13.2. The van der Waals surface area contributed by atoms with E-state index in [0.29, 0.717) is 6.04 Å². The van der Waals surface area contributed by atoms with E-state index in [2.05, 4.69) is 42.4 Å². The molecule has 2 fully saturated rings. The first-order valence-corrected chi connectivity index (χ1v) is 8.76. The Balaban J connectivity index is 1.65. The van der Waals surface area contributed by atoms with Gasteiger partial charge in [-0.15, -0.1) is 0 Å². The fourth-order valence-electron chi connectivity index (χ4n) is 3.41. The molecule has 0 heterocycles. The van der Waals surface area contributed by atoms with Crippen LogP contribution in [0.5, 0.6) is 0 Å². The fraction of sp³-hybridized carbons (Fsp3) is 0.667. The summed E-state index contributed by atoms with van der Waals surface area (Å²) in [5.41, 5.74) is 2.48. The number of hydrogen-bond acceptors (Lipinski definition) is 2. The van der Waals surface area contributed by atoms with Crippen LogP contribution in [-0.4, -0.2) is 19.1 Å². The van der Waals surface area contributed by atoms with Gasteiger partial charge in [-0.2, -0.15) is 0 Å².